The number of anilines is 3. The lowest BCUT2D eigenvalue weighted by atomic mass is 9.90. The maximum absolute atomic E-state index is 4.57. The zero-order chi connectivity index (χ0) is 14.5. The van der Waals surface area contributed by atoms with Crippen LogP contribution in [0.2, 0.25) is 0 Å². The number of rotatable bonds is 5. The summed E-state index contributed by atoms with van der Waals surface area (Å²) in [4.78, 5) is 8.83. The number of fused-ring (bicyclic) bond motifs is 1. The minimum absolute atomic E-state index is 0.801. The number of hydrogen-bond donors (Lipinski definition) is 2. The quantitative estimate of drug-likeness (QED) is 0.872. The molecule has 4 heteroatoms. The molecule has 0 atom stereocenters. The lowest BCUT2D eigenvalue weighted by Gasteiger charge is -2.20. The summed E-state index contributed by atoms with van der Waals surface area (Å²) in [6.45, 7) is 3.05. The first-order chi connectivity index (χ1) is 10.4. The Morgan fingerprint density at radius 1 is 1.10 bits per heavy atom. The molecule has 0 saturated carbocycles. The minimum Gasteiger partial charge on any atom is -0.369 e. The minimum atomic E-state index is 0.801. The topological polar surface area (TPSA) is 49.8 Å². The van der Waals surface area contributed by atoms with Crippen LogP contribution in [-0.4, -0.2) is 16.5 Å². The van der Waals surface area contributed by atoms with Crippen molar-refractivity contribution in [3.63, 3.8) is 0 Å². The molecule has 1 aliphatic rings. The zero-order valence-electron chi connectivity index (χ0n) is 12.5. The number of benzene rings is 1. The van der Waals surface area contributed by atoms with Crippen molar-refractivity contribution < 1.29 is 0 Å². The highest BCUT2D eigenvalue weighted by Crippen LogP contribution is 2.29. The standard InChI is InChI=1S/C17H22N4/c1-2-10-19-16-11-18-12-17(21-16)20-15-9-5-7-13-6-3-4-8-14(13)15/h5,7,9,11-12H,2-4,6,8,10H2,1H3,(H2,19,20,21). The van der Waals surface area contributed by atoms with Crippen LogP contribution in [0.3, 0.4) is 0 Å². The SMILES string of the molecule is CCCNc1cncc(Nc2cccc3c2CCCC3)n1. The van der Waals surface area contributed by atoms with Crippen LogP contribution in [0, 0.1) is 0 Å². The fraction of sp³-hybridized carbons (Fsp3) is 0.412. The second-order valence-corrected chi connectivity index (χ2v) is 5.49. The highest BCUT2D eigenvalue weighted by atomic mass is 15.1. The maximum atomic E-state index is 4.57. The molecule has 1 aliphatic carbocycles. The summed E-state index contributed by atoms with van der Waals surface area (Å²) in [5.74, 6) is 1.63. The summed E-state index contributed by atoms with van der Waals surface area (Å²) >= 11 is 0. The first-order valence-corrected chi connectivity index (χ1v) is 7.80. The van der Waals surface area contributed by atoms with E-state index in [9.17, 15) is 0 Å². The van der Waals surface area contributed by atoms with E-state index in [1.807, 2.05) is 0 Å². The first-order valence-electron chi connectivity index (χ1n) is 7.80. The van der Waals surface area contributed by atoms with Crippen LogP contribution in [0.15, 0.2) is 30.6 Å². The van der Waals surface area contributed by atoms with Gasteiger partial charge in [-0.3, -0.25) is 4.98 Å². The Balaban J connectivity index is 1.80. The van der Waals surface area contributed by atoms with Crippen LogP contribution in [0.5, 0.6) is 0 Å². The second kappa shape index (κ2) is 6.57. The number of aryl methyl sites for hydroxylation is 1. The summed E-state index contributed by atoms with van der Waals surface area (Å²) in [5, 5.41) is 6.70. The van der Waals surface area contributed by atoms with Gasteiger partial charge in [0.1, 0.15) is 5.82 Å². The molecule has 0 radical (unpaired) electrons. The Kier molecular flexibility index (Phi) is 4.34. The molecule has 2 N–H and O–H groups in total. The Hall–Kier alpha value is -2.10. The molecule has 0 unspecified atom stereocenters. The van der Waals surface area contributed by atoms with E-state index in [4.69, 9.17) is 0 Å². The van der Waals surface area contributed by atoms with Crippen molar-refractivity contribution in [2.24, 2.45) is 0 Å². The molecular weight excluding hydrogens is 260 g/mol. The Morgan fingerprint density at radius 3 is 2.86 bits per heavy atom. The van der Waals surface area contributed by atoms with Gasteiger partial charge in [-0.15, -0.1) is 0 Å². The van der Waals surface area contributed by atoms with Crippen molar-refractivity contribution >= 4 is 17.3 Å². The van der Waals surface area contributed by atoms with E-state index in [0.717, 1.165) is 31.0 Å². The summed E-state index contributed by atoms with van der Waals surface area (Å²) in [5.41, 5.74) is 4.09. The summed E-state index contributed by atoms with van der Waals surface area (Å²) in [6.07, 6.45) is 9.53. The number of nitrogens with zero attached hydrogens (tertiary/aromatic N) is 2. The van der Waals surface area contributed by atoms with Crippen LogP contribution >= 0.6 is 0 Å². The molecule has 21 heavy (non-hydrogen) atoms. The molecule has 0 aliphatic heterocycles. The van der Waals surface area contributed by atoms with Crippen molar-refractivity contribution in [3.8, 4) is 0 Å². The van der Waals surface area contributed by atoms with E-state index in [1.165, 1.54) is 36.1 Å². The third-order valence-corrected chi connectivity index (χ3v) is 3.85. The molecular formula is C17H22N4. The third kappa shape index (κ3) is 3.32. The van der Waals surface area contributed by atoms with Gasteiger partial charge in [0, 0.05) is 12.2 Å². The highest BCUT2D eigenvalue weighted by molar-refractivity contribution is 5.63. The van der Waals surface area contributed by atoms with Crippen molar-refractivity contribution in [1.82, 2.24) is 9.97 Å². The number of hydrogen-bond acceptors (Lipinski definition) is 4. The fourth-order valence-corrected chi connectivity index (χ4v) is 2.80. The molecule has 3 rings (SSSR count). The van der Waals surface area contributed by atoms with Crippen LogP contribution in [0.1, 0.15) is 37.3 Å². The van der Waals surface area contributed by atoms with Gasteiger partial charge in [-0.05, 0) is 49.3 Å². The van der Waals surface area contributed by atoms with Crippen LogP contribution < -0.4 is 10.6 Å². The van der Waals surface area contributed by atoms with E-state index < -0.39 is 0 Å². The van der Waals surface area contributed by atoms with Crippen LogP contribution in [-0.2, 0) is 12.8 Å². The van der Waals surface area contributed by atoms with Gasteiger partial charge in [0.25, 0.3) is 0 Å². The Labute approximate surface area is 126 Å². The van der Waals surface area contributed by atoms with Gasteiger partial charge in [-0.1, -0.05) is 19.1 Å². The largest absolute Gasteiger partial charge is 0.369 e. The average Bonchev–Trinajstić information content (AvgIpc) is 2.54. The van der Waals surface area contributed by atoms with Crippen LogP contribution in [0.4, 0.5) is 17.3 Å². The molecule has 0 spiro atoms. The van der Waals surface area contributed by atoms with Gasteiger partial charge < -0.3 is 10.6 Å². The van der Waals surface area contributed by atoms with E-state index >= 15 is 0 Å². The van der Waals surface area contributed by atoms with Gasteiger partial charge in [0.05, 0.1) is 12.4 Å². The molecule has 1 aromatic heterocycles. The maximum Gasteiger partial charge on any atom is 0.151 e. The lowest BCUT2D eigenvalue weighted by Crippen LogP contribution is -2.08. The third-order valence-electron chi connectivity index (χ3n) is 3.85. The predicted molar refractivity (Wildman–Crippen MR) is 87.2 cm³/mol. The molecule has 0 amide bonds. The van der Waals surface area contributed by atoms with Gasteiger partial charge in [0.15, 0.2) is 5.82 Å². The van der Waals surface area contributed by atoms with Crippen molar-refractivity contribution in [3.05, 3.63) is 41.7 Å². The lowest BCUT2D eigenvalue weighted by molar-refractivity contribution is 0.687. The van der Waals surface area contributed by atoms with Crippen molar-refractivity contribution in [1.29, 1.82) is 0 Å². The number of aromatic nitrogens is 2. The van der Waals surface area contributed by atoms with Gasteiger partial charge in [0.2, 0.25) is 0 Å². The smallest absolute Gasteiger partial charge is 0.151 e. The van der Waals surface area contributed by atoms with E-state index in [1.54, 1.807) is 12.4 Å². The van der Waals surface area contributed by atoms with Gasteiger partial charge in [-0.2, -0.15) is 0 Å². The molecule has 0 saturated heterocycles. The van der Waals surface area contributed by atoms with Gasteiger partial charge in [-0.25, -0.2) is 4.98 Å². The van der Waals surface area contributed by atoms with Crippen molar-refractivity contribution in [2.45, 2.75) is 39.0 Å². The summed E-state index contributed by atoms with van der Waals surface area (Å²) in [7, 11) is 0. The Bertz CT molecular complexity index is 609. The highest BCUT2D eigenvalue weighted by Gasteiger charge is 2.13. The molecule has 2 aromatic rings. The zero-order valence-corrected chi connectivity index (χ0v) is 12.5. The van der Waals surface area contributed by atoms with Crippen LogP contribution in [0.25, 0.3) is 0 Å². The predicted octanol–water partition coefficient (Wildman–Crippen LogP) is 3.92. The molecule has 0 fully saturated rings. The van der Waals surface area contributed by atoms with E-state index in [2.05, 4.69) is 45.7 Å². The molecule has 1 aromatic carbocycles. The summed E-state index contributed by atoms with van der Waals surface area (Å²) in [6, 6.07) is 6.50. The normalized spacial score (nSPS) is 13.6. The first kappa shape index (κ1) is 13.9. The average molecular weight is 282 g/mol. The van der Waals surface area contributed by atoms with E-state index in [-0.39, 0.29) is 0 Å². The number of nitrogens with one attached hydrogen (secondary N) is 2. The monoisotopic (exact) mass is 282 g/mol. The molecule has 110 valence electrons. The van der Waals surface area contributed by atoms with E-state index in [0.29, 0.717) is 0 Å². The Morgan fingerprint density at radius 2 is 1.95 bits per heavy atom. The fourth-order valence-electron chi connectivity index (χ4n) is 2.80. The molecule has 4 nitrogen and oxygen atoms in total. The summed E-state index contributed by atoms with van der Waals surface area (Å²) < 4.78 is 0. The second-order valence-electron chi connectivity index (χ2n) is 5.49. The molecule has 0 bridgehead atoms. The van der Waals surface area contributed by atoms with Gasteiger partial charge >= 0.3 is 0 Å². The van der Waals surface area contributed by atoms with Crippen molar-refractivity contribution in [2.75, 3.05) is 17.2 Å². The molecule has 1 heterocycles.